The van der Waals surface area contributed by atoms with Crippen LogP contribution in [0.25, 0.3) is 0 Å². The van der Waals surface area contributed by atoms with Crippen molar-refractivity contribution in [2.24, 2.45) is 0 Å². The lowest BCUT2D eigenvalue weighted by molar-refractivity contribution is -0.115. The first kappa shape index (κ1) is 13.4. The molecule has 0 saturated heterocycles. The second kappa shape index (κ2) is 6.19. The van der Waals surface area contributed by atoms with Crippen LogP contribution in [0, 0.1) is 0 Å². The van der Waals surface area contributed by atoms with E-state index in [2.05, 4.69) is 20.6 Å². The maximum Gasteiger partial charge on any atom is 0.232 e. The summed E-state index contributed by atoms with van der Waals surface area (Å²) in [7, 11) is 0. The predicted molar refractivity (Wildman–Crippen MR) is 67.0 cm³/mol. The summed E-state index contributed by atoms with van der Waals surface area (Å²) in [5.74, 6) is 0.949. The first-order valence-electron chi connectivity index (χ1n) is 5.08. The Morgan fingerprint density at radius 2 is 1.88 bits per heavy atom. The monoisotopic (exact) mass is 254 g/mol. The molecule has 0 aliphatic carbocycles. The van der Waals surface area contributed by atoms with Gasteiger partial charge in [-0.3, -0.25) is 14.9 Å². The fraction of sp³-hybridized carbons (Fsp3) is 0.400. The minimum absolute atomic E-state index is 0.194. The van der Waals surface area contributed by atoms with Crippen LogP contribution in [-0.2, 0) is 9.59 Å². The van der Waals surface area contributed by atoms with Crippen LogP contribution in [0.1, 0.15) is 20.8 Å². The molecule has 2 N–H and O–H groups in total. The molecule has 0 fully saturated rings. The SMILES string of the molecule is CCSc1cc(NC(C)=O)nc(NC(C)=O)n1. The van der Waals surface area contributed by atoms with Gasteiger partial charge in [0.25, 0.3) is 0 Å². The molecule has 7 heteroatoms. The molecule has 17 heavy (non-hydrogen) atoms. The van der Waals surface area contributed by atoms with Gasteiger partial charge < -0.3 is 5.32 Å². The van der Waals surface area contributed by atoms with Crippen molar-refractivity contribution in [3.8, 4) is 0 Å². The minimum atomic E-state index is -0.252. The molecule has 0 saturated carbocycles. The van der Waals surface area contributed by atoms with Gasteiger partial charge in [-0.1, -0.05) is 6.92 Å². The predicted octanol–water partition coefficient (Wildman–Crippen LogP) is 1.51. The van der Waals surface area contributed by atoms with Gasteiger partial charge in [-0.25, -0.2) is 4.98 Å². The number of rotatable bonds is 4. The van der Waals surface area contributed by atoms with Crippen molar-refractivity contribution >= 4 is 35.3 Å². The van der Waals surface area contributed by atoms with Crippen molar-refractivity contribution < 1.29 is 9.59 Å². The van der Waals surface area contributed by atoms with Crippen molar-refractivity contribution in [1.82, 2.24) is 9.97 Å². The molecule has 2 amide bonds. The maximum atomic E-state index is 11.0. The summed E-state index contributed by atoms with van der Waals surface area (Å²) in [6.45, 7) is 4.76. The zero-order chi connectivity index (χ0) is 12.8. The van der Waals surface area contributed by atoms with Gasteiger partial charge in [-0.2, -0.15) is 4.98 Å². The van der Waals surface area contributed by atoms with Gasteiger partial charge in [-0.15, -0.1) is 11.8 Å². The summed E-state index contributed by atoms with van der Waals surface area (Å²) in [4.78, 5) is 30.0. The number of carbonyl (C=O) groups excluding carboxylic acids is 2. The van der Waals surface area contributed by atoms with E-state index in [9.17, 15) is 9.59 Å². The van der Waals surface area contributed by atoms with E-state index >= 15 is 0 Å². The molecule has 1 heterocycles. The normalized spacial score (nSPS) is 9.82. The van der Waals surface area contributed by atoms with E-state index in [0.717, 1.165) is 5.75 Å². The van der Waals surface area contributed by atoms with Crippen molar-refractivity contribution in [3.63, 3.8) is 0 Å². The summed E-state index contributed by atoms with van der Waals surface area (Å²) < 4.78 is 0. The lowest BCUT2D eigenvalue weighted by atomic mass is 10.5. The Morgan fingerprint density at radius 3 is 2.41 bits per heavy atom. The second-order valence-electron chi connectivity index (χ2n) is 3.21. The zero-order valence-electron chi connectivity index (χ0n) is 9.90. The van der Waals surface area contributed by atoms with Crippen LogP contribution < -0.4 is 10.6 Å². The van der Waals surface area contributed by atoms with Crippen LogP contribution in [0.5, 0.6) is 0 Å². The topological polar surface area (TPSA) is 84.0 Å². The van der Waals surface area contributed by atoms with Gasteiger partial charge >= 0.3 is 0 Å². The highest BCUT2D eigenvalue weighted by atomic mass is 32.2. The van der Waals surface area contributed by atoms with Crippen LogP contribution in [0.3, 0.4) is 0 Å². The van der Waals surface area contributed by atoms with Crippen molar-refractivity contribution in [2.75, 3.05) is 16.4 Å². The lowest BCUT2D eigenvalue weighted by Crippen LogP contribution is -2.13. The number of nitrogens with zero attached hydrogens (tertiary/aromatic N) is 2. The number of nitrogens with one attached hydrogen (secondary N) is 2. The van der Waals surface area contributed by atoms with Gasteiger partial charge in [0.15, 0.2) is 0 Å². The smallest absolute Gasteiger partial charge is 0.232 e. The third-order valence-corrected chi connectivity index (χ3v) is 2.38. The van der Waals surface area contributed by atoms with E-state index in [0.29, 0.717) is 10.8 Å². The van der Waals surface area contributed by atoms with Gasteiger partial charge in [-0.05, 0) is 5.75 Å². The van der Waals surface area contributed by atoms with E-state index in [-0.39, 0.29) is 17.8 Å². The van der Waals surface area contributed by atoms with Crippen LogP contribution >= 0.6 is 11.8 Å². The summed E-state index contributed by atoms with van der Waals surface area (Å²) in [6, 6.07) is 1.67. The second-order valence-corrected chi connectivity index (χ2v) is 4.49. The summed E-state index contributed by atoms with van der Waals surface area (Å²) >= 11 is 1.50. The van der Waals surface area contributed by atoms with Crippen LogP contribution in [0.2, 0.25) is 0 Å². The quantitative estimate of drug-likeness (QED) is 0.628. The average molecular weight is 254 g/mol. The largest absolute Gasteiger partial charge is 0.311 e. The van der Waals surface area contributed by atoms with Gasteiger partial charge in [0.2, 0.25) is 17.8 Å². The molecule has 1 aromatic heterocycles. The molecule has 6 nitrogen and oxygen atoms in total. The number of anilines is 2. The molecule has 0 bridgehead atoms. The van der Waals surface area contributed by atoms with E-state index in [1.165, 1.54) is 25.6 Å². The molecule has 0 unspecified atom stereocenters. The van der Waals surface area contributed by atoms with Crippen molar-refractivity contribution in [1.29, 1.82) is 0 Å². The molecule has 0 radical (unpaired) electrons. The average Bonchev–Trinajstić information content (AvgIpc) is 2.14. The van der Waals surface area contributed by atoms with Gasteiger partial charge in [0.1, 0.15) is 10.8 Å². The van der Waals surface area contributed by atoms with Crippen LogP contribution in [0.4, 0.5) is 11.8 Å². The minimum Gasteiger partial charge on any atom is -0.311 e. The molecule has 1 rings (SSSR count). The van der Waals surface area contributed by atoms with Gasteiger partial charge in [0.05, 0.1) is 0 Å². The molecule has 0 spiro atoms. The van der Waals surface area contributed by atoms with Crippen molar-refractivity contribution in [2.45, 2.75) is 25.8 Å². The number of thioether (sulfide) groups is 1. The first-order valence-corrected chi connectivity index (χ1v) is 6.07. The number of hydrogen-bond donors (Lipinski definition) is 2. The highest BCUT2D eigenvalue weighted by Crippen LogP contribution is 2.20. The Labute approximate surface area is 104 Å². The molecular formula is C10H14N4O2S. The number of carbonyl (C=O) groups is 2. The Kier molecular flexibility index (Phi) is 4.89. The molecule has 1 aromatic rings. The Bertz CT molecular complexity index is 402. The zero-order valence-corrected chi connectivity index (χ0v) is 10.7. The Balaban J connectivity index is 2.99. The number of amides is 2. The fourth-order valence-electron chi connectivity index (χ4n) is 1.10. The number of hydrogen-bond acceptors (Lipinski definition) is 5. The van der Waals surface area contributed by atoms with E-state index < -0.39 is 0 Å². The molecule has 0 atom stereocenters. The number of aromatic nitrogens is 2. The highest BCUT2D eigenvalue weighted by molar-refractivity contribution is 7.99. The van der Waals surface area contributed by atoms with E-state index in [1.54, 1.807) is 6.07 Å². The summed E-state index contributed by atoms with van der Waals surface area (Å²) in [5, 5.41) is 5.76. The van der Waals surface area contributed by atoms with Crippen LogP contribution in [0.15, 0.2) is 11.1 Å². The van der Waals surface area contributed by atoms with Crippen molar-refractivity contribution in [3.05, 3.63) is 6.07 Å². The molecule has 92 valence electrons. The summed E-state index contributed by atoms with van der Waals surface area (Å²) in [5.41, 5.74) is 0. The third-order valence-electron chi connectivity index (χ3n) is 1.59. The molecule has 0 aromatic carbocycles. The third kappa shape index (κ3) is 4.81. The van der Waals surface area contributed by atoms with Crippen LogP contribution in [-0.4, -0.2) is 27.5 Å². The fourth-order valence-corrected chi connectivity index (χ4v) is 1.75. The Hall–Kier alpha value is -1.63. The lowest BCUT2D eigenvalue weighted by Gasteiger charge is -2.07. The molecular weight excluding hydrogens is 240 g/mol. The standard InChI is InChI=1S/C10H14N4O2S/c1-4-17-9-5-8(11-6(2)15)13-10(14-9)12-7(3)16/h5H,4H2,1-3H3,(H2,11,12,13,14,15,16). The molecule has 0 aliphatic heterocycles. The Morgan fingerprint density at radius 1 is 1.24 bits per heavy atom. The van der Waals surface area contributed by atoms with Gasteiger partial charge in [0, 0.05) is 19.9 Å². The maximum absolute atomic E-state index is 11.0. The summed E-state index contributed by atoms with van der Waals surface area (Å²) in [6.07, 6.45) is 0. The highest BCUT2D eigenvalue weighted by Gasteiger charge is 2.07. The first-order chi connectivity index (χ1) is 8.01. The van der Waals surface area contributed by atoms with E-state index in [1.807, 2.05) is 6.92 Å². The molecule has 0 aliphatic rings. The van der Waals surface area contributed by atoms with E-state index in [4.69, 9.17) is 0 Å².